The standard InChI is InChI=1S/C7H10/c1-2-6-4-7(3-1)5-6/h1-2,6-7H,3-5H2/i6D. The fourth-order valence-corrected chi connectivity index (χ4v) is 1.41. The molecule has 3 aliphatic rings. The molecule has 3 aliphatic carbocycles. The minimum absolute atomic E-state index is 0.108. The highest BCUT2D eigenvalue weighted by molar-refractivity contribution is 5.03. The zero-order valence-electron chi connectivity index (χ0n) is 5.35. The third-order valence-corrected chi connectivity index (χ3v) is 1.92. The van der Waals surface area contributed by atoms with Crippen LogP contribution >= 0.6 is 0 Å². The summed E-state index contributed by atoms with van der Waals surface area (Å²) in [5, 5.41) is 0. The van der Waals surface area contributed by atoms with Gasteiger partial charge in [0.25, 0.3) is 0 Å². The van der Waals surface area contributed by atoms with E-state index in [4.69, 9.17) is 1.37 Å². The van der Waals surface area contributed by atoms with Gasteiger partial charge in [-0.2, -0.15) is 0 Å². The quantitative estimate of drug-likeness (QED) is 0.403. The summed E-state index contributed by atoms with van der Waals surface area (Å²) in [5.74, 6) is 0.764. The van der Waals surface area contributed by atoms with Gasteiger partial charge in [0.15, 0.2) is 0 Å². The molecule has 0 aromatic rings. The van der Waals surface area contributed by atoms with Gasteiger partial charge in [0.05, 0.1) is 0 Å². The molecule has 0 aromatic heterocycles. The van der Waals surface area contributed by atoms with Crippen LogP contribution < -0.4 is 0 Å². The van der Waals surface area contributed by atoms with Crippen molar-refractivity contribution in [1.82, 2.24) is 0 Å². The molecular formula is C7H10. The molecule has 1 saturated carbocycles. The van der Waals surface area contributed by atoms with Crippen LogP contribution in [-0.2, 0) is 0 Å². The molecule has 0 radical (unpaired) electrons. The van der Waals surface area contributed by atoms with Crippen LogP contribution in [0.1, 0.15) is 20.6 Å². The van der Waals surface area contributed by atoms with Crippen LogP contribution in [0.4, 0.5) is 0 Å². The monoisotopic (exact) mass is 95.1 g/mol. The first-order chi connectivity index (χ1) is 3.79. The summed E-state index contributed by atoms with van der Waals surface area (Å²) >= 11 is 0. The van der Waals surface area contributed by atoms with E-state index in [0.29, 0.717) is 0 Å². The van der Waals surface area contributed by atoms with Crippen LogP contribution in [0.2, 0.25) is 0 Å². The fourth-order valence-electron chi connectivity index (χ4n) is 1.41. The van der Waals surface area contributed by atoms with Gasteiger partial charge in [-0.25, -0.2) is 0 Å². The van der Waals surface area contributed by atoms with Gasteiger partial charge in [-0.1, -0.05) is 12.2 Å². The van der Waals surface area contributed by atoms with E-state index < -0.39 is 0 Å². The second-order valence-electron chi connectivity index (χ2n) is 2.57. The van der Waals surface area contributed by atoms with Crippen molar-refractivity contribution >= 4 is 0 Å². The lowest BCUT2D eigenvalue weighted by atomic mass is 9.69. The molecule has 0 heterocycles. The van der Waals surface area contributed by atoms with Gasteiger partial charge >= 0.3 is 0 Å². The molecule has 0 amide bonds. The average molecular weight is 95.2 g/mol. The molecule has 3 rings (SSSR count). The summed E-state index contributed by atoms with van der Waals surface area (Å²) in [6.45, 7) is 0. The van der Waals surface area contributed by atoms with E-state index in [1.54, 1.807) is 0 Å². The van der Waals surface area contributed by atoms with Crippen molar-refractivity contribution in [1.29, 1.82) is 0 Å². The summed E-state index contributed by atoms with van der Waals surface area (Å²) in [6.07, 6.45) is 7.71. The SMILES string of the molecule is [2H]C12C=CCC(C1)C2. The Labute approximate surface area is 45.6 Å². The lowest BCUT2D eigenvalue weighted by molar-refractivity contribution is 0.225. The molecule has 0 atom stereocenters. The predicted octanol–water partition coefficient (Wildman–Crippen LogP) is 1.97. The number of allylic oxidation sites excluding steroid dienone is 2. The first-order valence-corrected chi connectivity index (χ1v) is 2.96. The molecule has 0 aliphatic heterocycles. The molecule has 0 saturated heterocycles. The van der Waals surface area contributed by atoms with E-state index in [9.17, 15) is 0 Å². The Morgan fingerprint density at radius 3 is 2.71 bits per heavy atom. The van der Waals surface area contributed by atoms with Crippen LogP contribution in [0.15, 0.2) is 12.2 Å². The molecule has 1 fully saturated rings. The first kappa shape index (κ1) is 2.91. The largest absolute Gasteiger partial charge is 0.0880 e. The van der Waals surface area contributed by atoms with Crippen molar-refractivity contribution in [2.45, 2.75) is 19.3 Å². The van der Waals surface area contributed by atoms with E-state index >= 15 is 0 Å². The molecule has 0 spiro atoms. The summed E-state index contributed by atoms with van der Waals surface area (Å²) in [4.78, 5) is 0. The van der Waals surface area contributed by atoms with Crippen molar-refractivity contribution in [3.63, 3.8) is 0 Å². The highest BCUT2D eigenvalue weighted by atomic mass is 14.3. The molecule has 0 aromatic carbocycles. The van der Waals surface area contributed by atoms with E-state index in [1.165, 1.54) is 6.42 Å². The Kier molecular flexibility index (Phi) is 0.464. The Hall–Kier alpha value is -0.260. The third-order valence-electron chi connectivity index (χ3n) is 1.92. The summed E-state index contributed by atoms with van der Waals surface area (Å²) in [6, 6.07) is 0. The molecule has 0 N–H and O–H groups in total. The Balaban J connectivity index is 2.25. The van der Waals surface area contributed by atoms with Crippen LogP contribution in [0.25, 0.3) is 0 Å². The van der Waals surface area contributed by atoms with Crippen LogP contribution in [0, 0.1) is 11.8 Å². The van der Waals surface area contributed by atoms with Crippen LogP contribution in [0.5, 0.6) is 0 Å². The number of hydrogen-bond donors (Lipinski definition) is 0. The smallest absolute Gasteiger partial charge is 0.0346 e. The molecule has 38 valence electrons. The van der Waals surface area contributed by atoms with Crippen LogP contribution in [-0.4, -0.2) is 0 Å². The highest BCUT2D eigenvalue weighted by Crippen LogP contribution is 2.40. The first-order valence-electron chi connectivity index (χ1n) is 3.46. The third kappa shape index (κ3) is 0.425. The van der Waals surface area contributed by atoms with Crippen LogP contribution in [0.3, 0.4) is 0 Å². The van der Waals surface area contributed by atoms with Gasteiger partial charge in [-0.05, 0) is 31.1 Å². The Morgan fingerprint density at radius 1 is 1.57 bits per heavy atom. The topological polar surface area (TPSA) is 0 Å². The van der Waals surface area contributed by atoms with Crippen molar-refractivity contribution < 1.29 is 1.37 Å². The lowest BCUT2D eigenvalue weighted by Gasteiger charge is -2.36. The van der Waals surface area contributed by atoms with Crippen molar-refractivity contribution in [2.24, 2.45) is 11.8 Å². The molecule has 0 heteroatoms. The van der Waals surface area contributed by atoms with E-state index in [1.807, 2.05) is 0 Å². The Morgan fingerprint density at radius 2 is 2.43 bits per heavy atom. The van der Waals surface area contributed by atoms with Crippen molar-refractivity contribution in [3.05, 3.63) is 12.2 Å². The summed E-state index contributed by atoms with van der Waals surface area (Å²) in [5.41, 5.74) is 0. The van der Waals surface area contributed by atoms with E-state index in [-0.39, 0.29) is 5.89 Å². The Bertz CT molecular complexity index is 131. The van der Waals surface area contributed by atoms with Gasteiger partial charge in [0.1, 0.15) is 0 Å². The molecule has 0 unspecified atom stereocenters. The summed E-state index contributed by atoms with van der Waals surface area (Å²) < 4.78 is 7.61. The number of hydrogen-bond acceptors (Lipinski definition) is 0. The minimum atomic E-state index is -0.108. The maximum Gasteiger partial charge on any atom is 0.0346 e. The second-order valence-corrected chi connectivity index (χ2v) is 2.57. The zero-order chi connectivity index (χ0) is 5.61. The predicted molar refractivity (Wildman–Crippen MR) is 30.0 cm³/mol. The van der Waals surface area contributed by atoms with E-state index in [2.05, 4.69) is 12.2 Å². The van der Waals surface area contributed by atoms with Gasteiger partial charge in [0.2, 0.25) is 0 Å². The number of fused-ring (bicyclic) bond motifs is 1. The van der Waals surface area contributed by atoms with Gasteiger partial charge in [-0.3, -0.25) is 0 Å². The van der Waals surface area contributed by atoms with Crippen molar-refractivity contribution in [2.75, 3.05) is 0 Å². The molecule has 7 heavy (non-hydrogen) atoms. The lowest BCUT2D eigenvalue weighted by Crippen LogP contribution is -2.24. The van der Waals surface area contributed by atoms with Gasteiger partial charge < -0.3 is 0 Å². The van der Waals surface area contributed by atoms with E-state index in [0.717, 1.165) is 18.8 Å². The maximum absolute atomic E-state index is 7.61. The minimum Gasteiger partial charge on any atom is -0.0880 e. The average Bonchev–Trinajstić information content (AvgIpc) is 1.63. The summed E-state index contributed by atoms with van der Waals surface area (Å²) in [7, 11) is 0. The van der Waals surface area contributed by atoms with Gasteiger partial charge in [-0.15, -0.1) is 0 Å². The second kappa shape index (κ2) is 1.12. The maximum atomic E-state index is 7.61. The highest BCUT2D eigenvalue weighted by Gasteiger charge is 2.28. The zero-order valence-corrected chi connectivity index (χ0v) is 4.35. The molecule has 2 bridgehead atoms. The molecular weight excluding hydrogens is 84.1 g/mol. The normalized spacial score (nSPS) is 58.3. The number of rotatable bonds is 0. The fraction of sp³-hybridized carbons (Fsp3) is 0.714. The van der Waals surface area contributed by atoms with Gasteiger partial charge in [0, 0.05) is 1.37 Å². The molecule has 0 nitrogen and oxygen atoms in total. The van der Waals surface area contributed by atoms with Crippen molar-refractivity contribution in [3.8, 4) is 0 Å².